The monoisotopic (exact) mass is 402 g/mol. The third kappa shape index (κ3) is 4.70. The number of nitrogens with one attached hydrogen (secondary N) is 1. The van der Waals surface area contributed by atoms with Gasteiger partial charge in [-0.3, -0.25) is 9.59 Å². The molecule has 3 rings (SSSR count). The summed E-state index contributed by atoms with van der Waals surface area (Å²) in [5, 5.41) is 1.31. The van der Waals surface area contributed by atoms with Crippen molar-refractivity contribution in [3.8, 4) is 0 Å². The van der Waals surface area contributed by atoms with Gasteiger partial charge in [0.2, 0.25) is 0 Å². The summed E-state index contributed by atoms with van der Waals surface area (Å²) < 4.78 is 18.9. The standard InChI is InChI=1S/C21H20ClFN2O3/c1-25(12-16-17(22)6-4-7-18(16)23)20(26)13-28-21(27)10-9-14-11-24-19-8-3-2-5-15(14)19/h2-8,11,24H,9-10,12-13H2,1H3. The number of carbonyl (C=O) groups is 2. The van der Waals surface area contributed by atoms with Gasteiger partial charge in [-0.05, 0) is 30.2 Å². The van der Waals surface area contributed by atoms with Gasteiger partial charge in [-0.15, -0.1) is 0 Å². The number of esters is 1. The minimum absolute atomic E-state index is 0.00275. The molecule has 0 fully saturated rings. The molecule has 7 heteroatoms. The summed E-state index contributed by atoms with van der Waals surface area (Å²) in [6, 6.07) is 12.2. The van der Waals surface area contributed by atoms with Crippen molar-refractivity contribution in [2.75, 3.05) is 13.7 Å². The molecule has 0 radical (unpaired) electrons. The van der Waals surface area contributed by atoms with Crippen LogP contribution in [0.2, 0.25) is 5.02 Å². The SMILES string of the molecule is CN(Cc1c(F)cccc1Cl)C(=O)COC(=O)CCc1c[nH]c2ccccc12. The van der Waals surface area contributed by atoms with Crippen LogP contribution in [-0.4, -0.2) is 35.4 Å². The van der Waals surface area contributed by atoms with Gasteiger partial charge in [0, 0.05) is 47.7 Å². The van der Waals surface area contributed by atoms with E-state index in [1.807, 2.05) is 30.5 Å². The largest absolute Gasteiger partial charge is 0.456 e. The van der Waals surface area contributed by atoms with Gasteiger partial charge in [0.05, 0.1) is 0 Å². The second-order valence-electron chi connectivity index (χ2n) is 6.47. The number of benzene rings is 2. The van der Waals surface area contributed by atoms with E-state index < -0.39 is 24.3 Å². The number of H-pyrrole nitrogens is 1. The van der Waals surface area contributed by atoms with Gasteiger partial charge in [-0.25, -0.2) is 4.39 Å². The predicted octanol–water partition coefficient (Wildman–Crippen LogP) is 4.09. The Kier molecular flexibility index (Phi) is 6.31. The molecule has 28 heavy (non-hydrogen) atoms. The molecule has 0 saturated carbocycles. The first-order valence-corrected chi connectivity index (χ1v) is 9.21. The number of hydrogen-bond acceptors (Lipinski definition) is 3. The first-order chi connectivity index (χ1) is 13.5. The van der Waals surface area contributed by atoms with Crippen molar-refractivity contribution >= 4 is 34.4 Å². The van der Waals surface area contributed by atoms with Crippen molar-refractivity contribution < 1.29 is 18.7 Å². The summed E-state index contributed by atoms with van der Waals surface area (Å²) >= 11 is 5.97. The lowest BCUT2D eigenvalue weighted by atomic mass is 10.1. The van der Waals surface area contributed by atoms with Crippen molar-refractivity contribution in [3.05, 3.63) is 70.6 Å². The van der Waals surface area contributed by atoms with Crippen LogP contribution in [0.15, 0.2) is 48.7 Å². The van der Waals surface area contributed by atoms with Crippen LogP contribution in [-0.2, 0) is 27.3 Å². The van der Waals surface area contributed by atoms with E-state index in [0.717, 1.165) is 16.5 Å². The number of fused-ring (bicyclic) bond motifs is 1. The van der Waals surface area contributed by atoms with E-state index in [1.54, 1.807) is 6.07 Å². The highest BCUT2D eigenvalue weighted by atomic mass is 35.5. The Balaban J connectivity index is 1.48. The fraction of sp³-hybridized carbons (Fsp3) is 0.238. The number of aromatic nitrogens is 1. The zero-order valence-electron chi connectivity index (χ0n) is 15.4. The van der Waals surface area contributed by atoms with Crippen molar-refractivity contribution in [2.24, 2.45) is 0 Å². The van der Waals surface area contributed by atoms with Gasteiger partial charge in [-0.1, -0.05) is 35.9 Å². The highest BCUT2D eigenvalue weighted by Crippen LogP contribution is 2.21. The third-order valence-corrected chi connectivity index (χ3v) is 4.87. The Labute approximate surface area is 167 Å². The zero-order valence-corrected chi connectivity index (χ0v) is 16.1. The quantitative estimate of drug-likeness (QED) is 0.605. The predicted molar refractivity (Wildman–Crippen MR) is 105 cm³/mol. The third-order valence-electron chi connectivity index (χ3n) is 4.51. The Bertz CT molecular complexity index is 982. The first kappa shape index (κ1) is 19.9. The summed E-state index contributed by atoms with van der Waals surface area (Å²) in [4.78, 5) is 28.6. The minimum Gasteiger partial charge on any atom is -0.456 e. The number of aryl methyl sites for hydroxylation is 1. The second-order valence-corrected chi connectivity index (χ2v) is 6.88. The van der Waals surface area contributed by atoms with Crippen LogP contribution >= 0.6 is 11.6 Å². The Hall–Kier alpha value is -2.86. The Morgan fingerprint density at radius 1 is 1.18 bits per heavy atom. The second kappa shape index (κ2) is 8.89. The molecule has 0 saturated heterocycles. The van der Waals surface area contributed by atoms with Gasteiger partial charge in [0.25, 0.3) is 5.91 Å². The number of nitrogens with zero attached hydrogens (tertiary/aromatic N) is 1. The lowest BCUT2D eigenvalue weighted by molar-refractivity contribution is -0.151. The van der Waals surface area contributed by atoms with E-state index >= 15 is 0 Å². The molecule has 2 aromatic carbocycles. The van der Waals surface area contributed by atoms with Gasteiger partial charge in [0.1, 0.15) is 5.82 Å². The normalized spacial score (nSPS) is 10.8. The van der Waals surface area contributed by atoms with Crippen LogP contribution in [0.3, 0.4) is 0 Å². The molecule has 1 heterocycles. The molecule has 146 valence electrons. The molecule has 1 aromatic heterocycles. The molecular formula is C21H20ClFN2O3. The van der Waals surface area contributed by atoms with Crippen LogP contribution in [0.5, 0.6) is 0 Å². The van der Waals surface area contributed by atoms with E-state index in [9.17, 15) is 14.0 Å². The minimum atomic E-state index is -0.483. The molecule has 0 bridgehead atoms. The summed E-state index contributed by atoms with van der Waals surface area (Å²) in [6.07, 6.45) is 2.55. The highest BCUT2D eigenvalue weighted by molar-refractivity contribution is 6.31. The van der Waals surface area contributed by atoms with Gasteiger partial charge < -0.3 is 14.6 Å². The number of hydrogen-bond donors (Lipinski definition) is 1. The number of rotatable bonds is 7. The number of amides is 1. The average molecular weight is 403 g/mol. The molecule has 0 spiro atoms. The van der Waals surface area contributed by atoms with E-state index in [0.29, 0.717) is 6.42 Å². The van der Waals surface area contributed by atoms with Crippen molar-refractivity contribution in [1.29, 1.82) is 0 Å². The van der Waals surface area contributed by atoms with Crippen LogP contribution in [0.1, 0.15) is 17.5 Å². The number of carbonyl (C=O) groups excluding carboxylic acids is 2. The number of aromatic amines is 1. The van der Waals surface area contributed by atoms with Crippen LogP contribution in [0.25, 0.3) is 10.9 Å². The highest BCUT2D eigenvalue weighted by Gasteiger charge is 2.16. The Morgan fingerprint density at radius 2 is 1.96 bits per heavy atom. The average Bonchev–Trinajstić information content (AvgIpc) is 3.10. The zero-order chi connectivity index (χ0) is 20.1. The maximum atomic E-state index is 13.8. The van der Waals surface area contributed by atoms with Gasteiger partial charge in [-0.2, -0.15) is 0 Å². The van der Waals surface area contributed by atoms with E-state index in [1.165, 1.54) is 24.1 Å². The fourth-order valence-electron chi connectivity index (χ4n) is 2.91. The molecule has 0 aliphatic rings. The van der Waals surface area contributed by atoms with Gasteiger partial charge >= 0.3 is 5.97 Å². The molecule has 0 aliphatic heterocycles. The van der Waals surface area contributed by atoms with E-state index in [-0.39, 0.29) is 23.6 Å². The van der Waals surface area contributed by atoms with Crippen LogP contribution in [0.4, 0.5) is 4.39 Å². The summed E-state index contributed by atoms with van der Waals surface area (Å²) in [5.41, 5.74) is 2.25. The summed E-state index contributed by atoms with van der Waals surface area (Å²) in [6.45, 7) is -0.396. The van der Waals surface area contributed by atoms with Crippen molar-refractivity contribution in [3.63, 3.8) is 0 Å². The molecule has 0 aliphatic carbocycles. The molecule has 5 nitrogen and oxygen atoms in total. The molecule has 3 aromatic rings. The van der Waals surface area contributed by atoms with Crippen molar-refractivity contribution in [1.82, 2.24) is 9.88 Å². The summed E-state index contributed by atoms with van der Waals surface area (Å²) in [5.74, 6) is -1.38. The molecule has 0 atom stereocenters. The smallest absolute Gasteiger partial charge is 0.306 e. The van der Waals surface area contributed by atoms with Crippen LogP contribution < -0.4 is 0 Å². The Morgan fingerprint density at radius 3 is 2.75 bits per heavy atom. The first-order valence-electron chi connectivity index (χ1n) is 8.83. The number of ether oxygens (including phenoxy) is 1. The topological polar surface area (TPSA) is 62.4 Å². The van der Waals surface area contributed by atoms with Crippen molar-refractivity contribution in [2.45, 2.75) is 19.4 Å². The van der Waals surface area contributed by atoms with Crippen LogP contribution in [0, 0.1) is 5.82 Å². The van der Waals surface area contributed by atoms with E-state index in [2.05, 4.69) is 4.98 Å². The summed E-state index contributed by atoms with van der Waals surface area (Å²) in [7, 11) is 1.50. The fourth-order valence-corrected chi connectivity index (χ4v) is 3.13. The molecular weight excluding hydrogens is 383 g/mol. The lowest BCUT2D eigenvalue weighted by Crippen LogP contribution is -2.31. The molecule has 1 amide bonds. The van der Waals surface area contributed by atoms with Gasteiger partial charge in [0.15, 0.2) is 6.61 Å². The molecule has 1 N–H and O–H groups in total. The maximum absolute atomic E-state index is 13.8. The number of para-hydroxylation sites is 1. The molecule has 0 unspecified atom stereocenters. The maximum Gasteiger partial charge on any atom is 0.306 e. The number of likely N-dealkylation sites (N-methyl/N-ethyl adjacent to an activating group) is 1. The lowest BCUT2D eigenvalue weighted by Gasteiger charge is -2.18. The number of halogens is 2. The van der Waals surface area contributed by atoms with E-state index in [4.69, 9.17) is 16.3 Å².